The summed E-state index contributed by atoms with van der Waals surface area (Å²) in [6, 6.07) is 7.20. The topological polar surface area (TPSA) is 76.7 Å². The lowest BCUT2D eigenvalue weighted by atomic mass is 9.96. The van der Waals surface area contributed by atoms with Gasteiger partial charge in [0.1, 0.15) is 17.0 Å². The third-order valence-corrected chi connectivity index (χ3v) is 4.27. The lowest BCUT2D eigenvalue weighted by Gasteiger charge is -2.28. The molecule has 1 fully saturated rings. The van der Waals surface area contributed by atoms with Crippen molar-refractivity contribution >= 4 is 11.8 Å². The van der Waals surface area contributed by atoms with Gasteiger partial charge in [-0.05, 0) is 44.0 Å². The van der Waals surface area contributed by atoms with Crippen LogP contribution in [0.25, 0.3) is 0 Å². The quantitative estimate of drug-likeness (QED) is 0.763. The Hall–Kier alpha value is -2.24. The monoisotopic (exact) mass is 334 g/mol. The highest BCUT2D eigenvalue weighted by molar-refractivity contribution is 5.91. The lowest BCUT2D eigenvalue weighted by Crippen LogP contribution is -2.57. The zero-order chi connectivity index (χ0) is 17.4. The van der Waals surface area contributed by atoms with Gasteiger partial charge in [-0.25, -0.2) is 0 Å². The van der Waals surface area contributed by atoms with Crippen LogP contribution in [0.2, 0.25) is 0 Å². The van der Waals surface area contributed by atoms with Crippen LogP contribution >= 0.6 is 0 Å². The Bertz CT molecular complexity index is 551. The van der Waals surface area contributed by atoms with E-state index in [-0.39, 0.29) is 24.8 Å². The zero-order valence-corrected chi connectivity index (χ0v) is 14.4. The molecule has 6 nitrogen and oxygen atoms in total. The van der Waals surface area contributed by atoms with E-state index in [1.807, 2.05) is 6.92 Å². The van der Waals surface area contributed by atoms with Crippen molar-refractivity contribution in [3.8, 4) is 11.5 Å². The average molecular weight is 334 g/mol. The number of carbonyl (C=O) groups is 2. The van der Waals surface area contributed by atoms with Gasteiger partial charge in [-0.3, -0.25) is 9.59 Å². The molecule has 1 aromatic rings. The minimum Gasteiger partial charge on any atom is -0.497 e. The summed E-state index contributed by atoms with van der Waals surface area (Å²) in [7, 11) is 1.60. The SMILES string of the molecule is CCNC(=O)C1(NC(=O)CCOc2ccc(OC)cc2)CCCC1. The third-order valence-electron chi connectivity index (χ3n) is 4.27. The lowest BCUT2D eigenvalue weighted by molar-refractivity contribution is -0.133. The number of ether oxygens (including phenoxy) is 2. The van der Waals surface area contributed by atoms with E-state index in [2.05, 4.69) is 10.6 Å². The summed E-state index contributed by atoms with van der Waals surface area (Å²) in [6.45, 7) is 2.71. The fourth-order valence-electron chi connectivity index (χ4n) is 2.98. The number of benzene rings is 1. The summed E-state index contributed by atoms with van der Waals surface area (Å²) in [6.07, 6.45) is 3.53. The van der Waals surface area contributed by atoms with E-state index in [1.165, 1.54) is 0 Å². The molecule has 0 atom stereocenters. The van der Waals surface area contributed by atoms with Crippen LogP contribution in [0.15, 0.2) is 24.3 Å². The fourth-order valence-corrected chi connectivity index (χ4v) is 2.98. The summed E-state index contributed by atoms with van der Waals surface area (Å²) < 4.78 is 10.6. The molecule has 0 aromatic heterocycles. The van der Waals surface area contributed by atoms with E-state index >= 15 is 0 Å². The predicted octanol–water partition coefficient (Wildman–Crippen LogP) is 2.03. The van der Waals surface area contributed by atoms with Gasteiger partial charge in [0.05, 0.1) is 20.1 Å². The second-order valence-corrected chi connectivity index (χ2v) is 5.97. The van der Waals surface area contributed by atoms with Crippen LogP contribution in [0.3, 0.4) is 0 Å². The van der Waals surface area contributed by atoms with Gasteiger partial charge in [-0.1, -0.05) is 12.8 Å². The molecule has 0 aliphatic heterocycles. The molecule has 0 radical (unpaired) electrons. The number of hydrogen-bond donors (Lipinski definition) is 2. The Morgan fingerprint density at radius 3 is 2.33 bits per heavy atom. The third kappa shape index (κ3) is 4.63. The van der Waals surface area contributed by atoms with Gasteiger partial charge in [0.15, 0.2) is 0 Å². The van der Waals surface area contributed by atoms with Crippen molar-refractivity contribution in [3.05, 3.63) is 24.3 Å². The van der Waals surface area contributed by atoms with Crippen LogP contribution in [0.1, 0.15) is 39.0 Å². The Morgan fingerprint density at radius 2 is 1.75 bits per heavy atom. The van der Waals surface area contributed by atoms with Crippen LogP contribution in [0.5, 0.6) is 11.5 Å². The fraction of sp³-hybridized carbons (Fsp3) is 0.556. The minimum atomic E-state index is -0.743. The summed E-state index contributed by atoms with van der Waals surface area (Å²) in [5.74, 6) is 1.21. The standard InChI is InChI=1S/C18H26N2O4/c1-3-19-17(22)18(11-4-5-12-18)20-16(21)10-13-24-15-8-6-14(23-2)7-9-15/h6-9H,3-5,10-13H2,1-2H3,(H,19,22)(H,20,21). The molecule has 1 aliphatic rings. The minimum absolute atomic E-state index is 0.0769. The number of methoxy groups -OCH3 is 1. The highest BCUT2D eigenvalue weighted by Crippen LogP contribution is 2.30. The van der Waals surface area contributed by atoms with Crippen LogP contribution in [-0.4, -0.2) is 37.6 Å². The maximum absolute atomic E-state index is 12.3. The van der Waals surface area contributed by atoms with Crippen molar-refractivity contribution in [2.75, 3.05) is 20.3 Å². The molecule has 0 saturated heterocycles. The predicted molar refractivity (Wildman–Crippen MR) is 91.1 cm³/mol. The van der Waals surface area contributed by atoms with Gasteiger partial charge >= 0.3 is 0 Å². The van der Waals surface area contributed by atoms with Crippen molar-refractivity contribution in [1.29, 1.82) is 0 Å². The van der Waals surface area contributed by atoms with Crippen LogP contribution in [0.4, 0.5) is 0 Å². The molecule has 1 aliphatic carbocycles. The molecule has 2 N–H and O–H groups in total. The van der Waals surface area contributed by atoms with E-state index in [1.54, 1.807) is 31.4 Å². The summed E-state index contributed by atoms with van der Waals surface area (Å²) in [5.41, 5.74) is -0.743. The summed E-state index contributed by atoms with van der Waals surface area (Å²) in [5, 5.41) is 5.76. The molecule has 1 aromatic carbocycles. The first-order valence-electron chi connectivity index (χ1n) is 8.46. The normalized spacial score (nSPS) is 15.6. The first kappa shape index (κ1) is 18.1. The maximum atomic E-state index is 12.3. The number of hydrogen-bond acceptors (Lipinski definition) is 4. The summed E-state index contributed by atoms with van der Waals surface area (Å²) in [4.78, 5) is 24.5. The number of rotatable bonds is 8. The molecule has 0 spiro atoms. The number of amides is 2. The molecule has 0 heterocycles. The highest BCUT2D eigenvalue weighted by Gasteiger charge is 2.41. The molecule has 132 valence electrons. The smallest absolute Gasteiger partial charge is 0.245 e. The first-order chi connectivity index (χ1) is 11.6. The van der Waals surface area contributed by atoms with E-state index in [0.29, 0.717) is 25.1 Å². The number of nitrogens with one attached hydrogen (secondary N) is 2. The highest BCUT2D eigenvalue weighted by atomic mass is 16.5. The van der Waals surface area contributed by atoms with Crippen molar-refractivity contribution in [2.45, 2.75) is 44.6 Å². The Balaban J connectivity index is 1.81. The van der Waals surface area contributed by atoms with Crippen molar-refractivity contribution in [2.24, 2.45) is 0 Å². The van der Waals surface area contributed by atoms with E-state index < -0.39 is 5.54 Å². The van der Waals surface area contributed by atoms with Gasteiger partial charge in [-0.2, -0.15) is 0 Å². The molecule has 2 rings (SSSR count). The van der Waals surface area contributed by atoms with Gasteiger partial charge in [0.25, 0.3) is 0 Å². The van der Waals surface area contributed by atoms with Crippen molar-refractivity contribution in [1.82, 2.24) is 10.6 Å². The summed E-state index contributed by atoms with van der Waals surface area (Å²) >= 11 is 0. The Kier molecular flexibility index (Phi) is 6.46. The second-order valence-electron chi connectivity index (χ2n) is 5.97. The zero-order valence-electron chi connectivity index (χ0n) is 14.4. The van der Waals surface area contributed by atoms with E-state index in [0.717, 1.165) is 18.6 Å². The molecule has 1 saturated carbocycles. The Morgan fingerprint density at radius 1 is 1.12 bits per heavy atom. The number of likely N-dealkylation sites (N-methyl/N-ethyl adjacent to an activating group) is 1. The van der Waals surface area contributed by atoms with Gasteiger partial charge in [0.2, 0.25) is 11.8 Å². The van der Waals surface area contributed by atoms with Crippen molar-refractivity contribution < 1.29 is 19.1 Å². The molecule has 2 amide bonds. The molecule has 0 unspecified atom stereocenters. The van der Waals surface area contributed by atoms with Crippen molar-refractivity contribution in [3.63, 3.8) is 0 Å². The molecular weight excluding hydrogens is 308 g/mol. The van der Waals surface area contributed by atoms with Crippen LogP contribution in [-0.2, 0) is 9.59 Å². The molecule has 6 heteroatoms. The van der Waals surface area contributed by atoms with Crippen LogP contribution < -0.4 is 20.1 Å². The first-order valence-corrected chi connectivity index (χ1v) is 8.46. The Labute approximate surface area is 142 Å². The van der Waals surface area contributed by atoms with Gasteiger partial charge < -0.3 is 20.1 Å². The largest absolute Gasteiger partial charge is 0.497 e. The van der Waals surface area contributed by atoms with Gasteiger partial charge in [0, 0.05) is 6.54 Å². The molecular formula is C18H26N2O4. The number of carbonyl (C=O) groups excluding carboxylic acids is 2. The molecule has 0 bridgehead atoms. The van der Waals surface area contributed by atoms with Gasteiger partial charge in [-0.15, -0.1) is 0 Å². The maximum Gasteiger partial charge on any atom is 0.245 e. The van der Waals surface area contributed by atoms with Crippen LogP contribution in [0, 0.1) is 0 Å². The average Bonchev–Trinajstić information content (AvgIpc) is 3.05. The molecule has 24 heavy (non-hydrogen) atoms. The van der Waals surface area contributed by atoms with E-state index in [4.69, 9.17) is 9.47 Å². The second kappa shape index (κ2) is 8.57. The van der Waals surface area contributed by atoms with E-state index in [9.17, 15) is 9.59 Å².